The Bertz CT molecular complexity index is 249. The third kappa shape index (κ3) is 4.13. The van der Waals surface area contributed by atoms with Gasteiger partial charge in [-0.25, -0.2) is 0 Å². The molecule has 0 fully saturated rings. The summed E-state index contributed by atoms with van der Waals surface area (Å²) < 4.78 is 0. The number of rotatable bonds is 2. The Balaban J connectivity index is 0.000000671. The van der Waals surface area contributed by atoms with Gasteiger partial charge in [-0.1, -0.05) is 32.6 Å². The first-order valence-electron chi connectivity index (χ1n) is 4.39. The Labute approximate surface area is 85.1 Å². The van der Waals surface area contributed by atoms with Gasteiger partial charge in [0.15, 0.2) is 0 Å². The van der Waals surface area contributed by atoms with Gasteiger partial charge in [0.2, 0.25) is 0 Å². The maximum absolute atomic E-state index is 7.47. The molecule has 1 rings (SSSR count). The Morgan fingerprint density at radius 3 is 2.46 bits per heavy atom. The summed E-state index contributed by atoms with van der Waals surface area (Å²) in [6.45, 7) is 7.73. The molecular weight excluding hydrogens is 178 g/mol. The number of allylic oxidation sites excluding steroid dienone is 4. The van der Waals surface area contributed by atoms with E-state index < -0.39 is 0 Å². The fourth-order valence-electron chi connectivity index (χ4n) is 0.880. The third-order valence-electron chi connectivity index (χ3n) is 1.49. The molecule has 0 bridgehead atoms. The van der Waals surface area contributed by atoms with Crippen molar-refractivity contribution in [1.29, 1.82) is 5.41 Å². The van der Waals surface area contributed by atoms with Crippen LogP contribution in [0.1, 0.15) is 13.8 Å². The largest absolute Gasteiger partial charge is 0.300 e. The van der Waals surface area contributed by atoms with Crippen LogP contribution in [-0.2, 0) is 0 Å². The quantitative estimate of drug-likeness (QED) is 0.717. The zero-order chi connectivity index (χ0) is 10.3. The minimum atomic E-state index is 0.538. The van der Waals surface area contributed by atoms with E-state index in [-0.39, 0.29) is 0 Å². The predicted molar refractivity (Wildman–Crippen MR) is 63.8 cm³/mol. The highest BCUT2D eigenvalue weighted by atomic mass is 32.2. The van der Waals surface area contributed by atoms with Crippen LogP contribution < -0.4 is 0 Å². The van der Waals surface area contributed by atoms with Crippen LogP contribution in [0, 0.1) is 5.41 Å². The predicted octanol–water partition coefficient (Wildman–Crippen LogP) is 3.45. The molecule has 0 atom stereocenters. The molecule has 0 aliphatic heterocycles. The van der Waals surface area contributed by atoms with Crippen LogP contribution in [0.25, 0.3) is 0 Å². The highest BCUT2D eigenvalue weighted by molar-refractivity contribution is 7.98. The smallest absolute Gasteiger partial charge is 0.0609 e. The Morgan fingerprint density at radius 1 is 1.38 bits per heavy atom. The van der Waals surface area contributed by atoms with E-state index in [1.165, 1.54) is 5.57 Å². The zero-order valence-electron chi connectivity index (χ0n) is 8.55. The van der Waals surface area contributed by atoms with E-state index in [1.807, 2.05) is 32.1 Å². The summed E-state index contributed by atoms with van der Waals surface area (Å²) in [6, 6.07) is 0. The standard InChI is InChI=1S/C9H11NS.C2H6/c1-7-3-4-8(6-11-2)5-9(7)10;1-2/h3-5,10H,1,6H2,2H3;1-2H3. The Kier molecular flexibility index (Phi) is 6.33. The van der Waals surface area contributed by atoms with Gasteiger partial charge < -0.3 is 5.41 Å². The lowest BCUT2D eigenvalue weighted by molar-refractivity contribution is 1.45. The second-order valence-electron chi connectivity index (χ2n) is 2.42. The van der Waals surface area contributed by atoms with Crippen molar-refractivity contribution >= 4 is 17.5 Å². The number of hydrogen-bond acceptors (Lipinski definition) is 2. The summed E-state index contributed by atoms with van der Waals surface area (Å²) in [5.41, 5.74) is 2.54. The van der Waals surface area contributed by atoms with Gasteiger partial charge in [0.05, 0.1) is 5.71 Å². The molecule has 0 unspecified atom stereocenters. The number of hydrogen-bond donors (Lipinski definition) is 1. The van der Waals surface area contributed by atoms with Crippen LogP contribution in [-0.4, -0.2) is 17.7 Å². The summed E-state index contributed by atoms with van der Waals surface area (Å²) in [6.07, 6.45) is 7.85. The minimum absolute atomic E-state index is 0.538. The average Bonchev–Trinajstić information content (AvgIpc) is 2.15. The van der Waals surface area contributed by atoms with Crippen molar-refractivity contribution in [2.45, 2.75) is 13.8 Å². The minimum Gasteiger partial charge on any atom is -0.300 e. The van der Waals surface area contributed by atoms with E-state index in [0.717, 1.165) is 11.3 Å². The van der Waals surface area contributed by atoms with Crippen LogP contribution in [0.3, 0.4) is 0 Å². The summed E-state index contributed by atoms with van der Waals surface area (Å²) in [5.74, 6) is 0.978. The van der Waals surface area contributed by atoms with Gasteiger partial charge in [-0.05, 0) is 23.5 Å². The lowest BCUT2D eigenvalue weighted by atomic mass is 10.0. The van der Waals surface area contributed by atoms with Crippen molar-refractivity contribution in [3.8, 4) is 0 Å². The van der Waals surface area contributed by atoms with Crippen LogP contribution in [0.15, 0.2) is 36.0 Å². The van der Waals surface area contributed by atoms with Gasteiger partial charge >= 0.3 is 0 Å². The lowest BCUT2D eigenvalue weighted by Gasteiger charge is -2.07. The van der Waals surface area contributed by atoms with Crippen LogP contribution >= 0.6 is 11.8 Å². The first kappa shape index (κ1) is 12.2. The maximum Gasteiger partial charge on any atom is 0.0609 e. The summed E-state index contributed by atoms with van der Waals surface area (Å²) in [5, 5.41) is 7.47. The van der Waals surface area contributed by atoms with Crippen molar-refractivity contribution < 1.29 is 0 Å². The monoisotopic (exact) mass is 195 g/mol. The van der Waals surface area contributed by atoms with Gasteiger partial charge in [0, 0.05) is 5.75 Å². The highest BCUT2D eigenvalue weighted by Crippen LogP contribution is 2.14. The van der Waals surface area contributed by atoms with E-state index in [2.05, 4.69) is 12.8 Å². The molecule has 0 radical (unpaired) electrons. The normalized spacial score (nSPS) is 14.8. The van der Waals surface area contributed by atoms with E-state index in [9.17, 15) is 0 Å². The lowest BCUT2D eigenvalue weighted by Crippen LogP contribution is -2.00. The third-order valence-corrected chi connectivity index (χ3v) is 2.11. The van der Waals surface area contributed by atoms with E-state index >= 15 is 0 Å². The zero-order valence-corrected chi connectivity index (χ0v) is 9.37. The molecule has 0 heterocycles. The summed E-state index contributed by atoms with van der Waals surface area (Å²) in [4.78, 5) is 0. The summed E-state index contributed by atoms with van der Waals surface area (Å²) >= 11 is 1.77. The molecule has 0 aromatic heterocycles. The fourth-order valence-corrected chi connectivity index (χ4v) is 1.39. The van der Waals surface area contributed by atoms with Crippen LogP contribution in [0.5, 0.6) is 0 Å². The molecule has 1 aliphatic carbocycles. The molecule has 0 spiro atoms. The number of nitrogens with one attached hydrogen (secondary N) is 1. The van der Waals surface area contributed by atoms with Crippen molar-refractivity contribution in [2.24, 2.45) is 0 Å². The SMILES string of the molecule is C=C1C=CC(CSC)=CC1=N.CC. The van der Waals surface area contributed by atoms with Gasteiger partial charge in [-0.2, -0.15) is 11.8 Å². The van der Waals surface area contributed by atoms with E-state index in [4.69, 9.17) is 5.41 Å². The van der Waals surface area contributed by atoms with Gasteiger partial charge in [-0.15, -0.1) is 0 Å². The molecule has 72 valence electrons. The van der Waals surface area contributed by atoms with Crippen molar-refractivity contribution in [1.82, 2.24) is 0 Å². The molecule has 1 nitrogen and oxygen atoms in total. The maximum atomic E-state index is 7.47. The molecule has 0 saturated carbocycles. The molecule has 2 heteroatoms. The average molecular weight is 195 g/mol. The molecule has 0 amide bonds. The molecule has 0 saturated heterocycles. The molecule has 1 aliphatic rings. The number of thioether (sulfide) groups is 1. The molecule has 0 aromatic carbocycles. The Hall–Kier alpha value is -0.760. The van der Waals surface area contributed by atoms with E-state index in [1.54, 1.807) is 11.8 Å². The first-order chi connectivity index (χ1) is 6.24. The molecule has 1 N–H and O–H groups in total. The van der Waals surface area contributed by atoms with Gasteiger partial charge in [0.25, 0.3) is 0 Å². The van der Waals surface area contributed by atoms with E-state index in [0.29, 0.717) is 5.71 Å². The first-order valence-corrected chi connectivity index (χ1v) is 5.79. The Morgan fingerprint density at radius 2 is 2.00 bits per heavy atom. The molecular formula is C11H17NS. The van der Waals surface area contributed by atoms with Crippen molar-refractivity contribution in [3.63, 3.8) is 0 Å². The van der Waals surface area contributed by atoms with Crippen molar-refractivity contribution in [2.75, 3.05) is 12.0 Å². The molecule has 13 heavy (non-hydrogen) atoms. The van der Waals surface area contributed by atoms with Crippen molar-refractivity contribution in [3.05, 3.63) is 36.0 Å². The van der Waals surface area contributed by atoms with Gasteiger partial charge in [-0.3, -0.25) is 0 Å². The topological polar surface area (TPSA) is 23.9 Å². The van der Waals surface area contributed by atoms with Gasteiger partial charge in [0.1, 0.15) is 0 Å². The summed E-state index contributed by atoms with van der Waals surface area (Å²) in [7, 11) is 0. The molecule has 0 aromatic rings. The second-order valence-corrected chi connectivity index (χ2v) is 3.29. The van der Waals surface area contributed by atoms with Crippen LogP contribution in [0.4, 0.5) is 0 Å². The van der Waals surface area contributed by atoms with Crippen LogP contribution in [0.2, 0.25) is 0 Å². The fraction of sp³-hybridized carbons (Fsp3) is 0.364. The highest BCUT2D eigenvalue weighted by Gasteiger charge is 2.03. The second kappa shape index (κ2) is 6.72.